The van der Waals surface area contributed by atoms with Crippen LogP contribution in [0, 0.1) is 0 Å². The molecule has 1 fully saturated rings. The monoisotopic (exact) mass is 414 g/mol. The van der Waals surface area contributed by atoms with E-state index in [2.05, 4.69) is 15.9 Å². The number of nitrogens with zero attached hydrogens (tertiary/aromatic N) is 2. The zero-order valence-electron chi connectivity index (χ0n) is 14.1. The van der Waals surface area contributed by atoms with Crippen LogP contribution in [0.4, 0.5) is 5.69 Å². The molecule has 1 saturated heterocycles. The van der Waals surface area contributed by atoms with Gasteiger partial charge in [-0.3, -0.25) is 4.79 Å². The first kappa shape index (κ1) is 17.9. The van der Waals surface area contributed by atoms with Crippen LogP contribution in [0.5, 0.6) is 0 Å². The third-order valence-corrected chi connectivity index (χ3v) is 7.21. The largest absolute Gasteiger partial charge is 0.308 e. The number of carbonyl (C=O) groups excluding carboxylic acids is 1. The Bertz CT molecular complexity index is 755. The molecule has 132 valence electrons. The van der Waals surface area contributed by atoms with Crippen LogP contribution in [-0.4, -0.2) is 37.8 Å². The Kier molecular flexibility index (Phi) is 5.04. The fraction of sp³-hybridized carbons (Fsp3) is 0.588. The van der Waals surface area contributed by atoms with Crippen molar-refractivity contribution >= 4 is 37.5 Å². The number of sulfonamides is 1. The number of hydrogen-bond acceptors (Lipinski definition) is 3. The topological polar surface area (TPSA) is 57.7 Å². The SMILES string of the molecule is CC(=O)N1c2c(cc(Br)cc2S(=O)(=O)N2CCCCCC2)CC1C. The molecule has 1 unspecified atom stereocenters. The van der Waals surface area contributed by atoms with Crippen LogP contribution in [0.1, 0.15) is 45.1 Å². The number of benzene rings is 1. The van der Waals surface area contributed by atoms with Gasteiger partial charge in [-0.1, -0.05) is 28.8 Å². The Hall–Kier alpha value is -0.920. The van der Waals surface area contributed by atoms with E-state index in [1.807, 2.05) is 13.0 Å². The molecule has 0 saturated carbocycles. The lowest BCUT2D eigenvalue weighted by Crippen LogP contribution is -2.37. The van der Waals surface area contributed by atoms with Gasteiger partial charge in [0.1, 0.15) is 4.90 Å². The molecule has 0 radical (unpaired) electrons. The van der Waals surface area contributed by atoms with Gasteiger partial charge in [0, 0.05) is 30.5 Å². The fourth-order valence-electron chi connectivity index (χ4n) is 3.77. The van der Waals surface area contributed by atoms with Crippen molar-refractivity contribution < 1.29 is 13.2 Å². The van der Waals surface area contributed by atoms with Gasteiger partial charge >= 0.3 is 0 Å². The molecule has 2 aliphatic rings. The Labute approximate surface area is 152 Å². The molecule has 0 spiro atoms. The Morgan fingerprint density at radius 3 is 2.38 bits per heavy atom. The summed E-state index contributed by atoms with van der Waals surface area (Å²) in [5.74, 6) is -0.115. The average molecular weight is 415 g/mol. The molecule has 24 heavy (non-hydrogen) atoms. The van der Waals surface area contributed by atoms with Crippen LogP contribution >= 0.6 is 15.9 Å². The molecule has 2 aliphatic heterocycles. The number of fused-ring (bicyclic) bond motifs is 1. The normalized spacial score (nSPS) is 22.3. The summed E-state index contributed by atoms with van der Waals surface area (Å²) in [4.78, 5) is 14.0. The van der Waals surface area contributed by atoms with Gasteiger partial charge in [-0.05, 0) is 43.9 Å². The first-order valence-corrected chi connectivity index (χ1v) is 10.7. The summed E-state index contributed by atoms with van der Waals surface area (Å²) in [6.07, 6.45) is 4.60. The lowest BCUT2D eigenvalue weighted by Gasteiger charge is -2.26. The third kappa shape index (κ3) is 3.13. The highest BCUT2D eigenvalue weighted by molar-refractivity contribution is 9.10. The van der Waals surface area contributed by atoms with E-state index >= 15 is 0 Å². The number of rotatable bonds is 2. The van der Waals surface area contributed by atoms with Crippen LogP contribution in [0.25, 0.3) is 0 Å². The number of hydrogen-bond donors (Lipinski definition) is 0. The molecule has 1 amide bonds. The molecule has 0 N–H and O–H groups in total. The van der Waals surface area contributed by atoms with E-state index in [1.165, 1.54) is 6.92 Å². The van der Waals surface area contributed by atoms with Gasteiger partial charge in [0.05, 0.1) is 5.69 Å². The first-order chi connectivity index (χ1) is 11.3. The minimum Gasteiger partial charge on any atom is -0.308 e. The Morgan fingerprint density at radius 2 is 1.79 bits per heavy atom. The zero-order valence-corrected chi connectivity index (χ0v) is 16.5. The average Bonchev–Trinajstić information content (AvgIpc) is 2.68. The summed E-state index contributed by atoms with van der Waals surface area (Å²) < 4.78 is 28.9. The number of amides is 1. The van der Waals surface area contributed by atoms with Crippen molar-refractivity contribution in [1.82, 2.24) is 4.31 Å². The van der Waals surface area contributed by atoms with Crippen molar-refractivity contribution in [2.24, 2.45) is 0 Å². The van der Waals surface area contributed by atoms with Crippen LogP contribution < -0.4 is 4.90 Å². The predicted octanol–water partition coefficient (Wildman–Crippen LogP) is 3.31. The number of carbonyl (C=O) groups is 1. The first-order valence-electron chi connectivity index (χ1n) is 8.44. The van der Waals surface area contributed by atoms with Crippen LogP contribution in [-0.2, 0) is 21.2 Å². The van der Waals surface area contributed by atoms with E-state index in [4.69, 9.17) is 0 Å². The zero-order chi connectivity index (χ0) is 17.5. The summed E-state index contributed by atoms with van der Waals surface area (Å²) in [6, 6.07) is 3.55. The minimum atomic E-state index is -3.61. The lowest BCUT2D eigenvalue weighted by molar-refractivity contribution is -0.116. The summed E-state index contributed by atoms with van der Waals surface area (Å²) in [5, 5.41) is 0. The maximum absolute atomic E-state index is 13.3. The summed E-state index contributed by atoms with van der Waals surface area (Å²) in [5.41, 5.74) is 1.49. The van der Waals surface area contributed by atoms with Gasteiger partial charge in [-0.25, -0.2) is 8.42 Å². The van der Waals surface area contributed by atoms with Crippen molar-refractivity contribution in [2.45, 2.75) is 56.9 Å². The molecule has 3 rings (SSSR count). The van der Waals surface area contributed by atoms with Crippen molar-refractivity contribution in [1.29, 1.82) is 0 Å². The molecular weight excluding hydrogens is 392 g/mol. The van der Waals surface area contributed by atoms with E-state index in [-0.39, 0.29) is 16.8 Å². The molecule has 0 bridgehead atoms. The van der Waals surface area contributed by atoms with Gasteiger partial charge in [-0.2, -0.15) is 4.31 Å². The van der Waals surface area contributed by atoms with Crippen LogP contribution in [0.15, 0.2) is 21.5 Å². The van der Waals surface area contributed by atoms with Crippen molar-refractivity contribution in [2.75, 3.05) is 18.0 Å². The minimum absolute atomic E-state index is 0.0233. The standard InChI is InChI=1S/C17H23BrN2O3S/c1-12-9-14-10-15(18)11-16(17(14)20(12)13(2)21)24(22,23)19-7-5-3-4-6-8-19/h10-12H,3-9H2,1-2H3. The summed E-state index contributed by atoms with van der Waals surface area (Å²) in [6.45, 7) is 4.56. The molecule has 1 aromatic rings. The third-order valence-electron chi connectivity index (χ3n) is 4.84. The number of anilines is 1. The maximum Gasteiger partial charge on any atom is 0.245 e. The van der Waals surface area contributed by atoms with Gasteiger partial charge in [0.15, 0.2) is 0 Å². The summed E-state index contributed by atoms with van der Waals surface area (Å²) in [7, 11) is -3.61. The molecular formula is C17H23BrN2O3S. The Balaban J connectivity index is 2.13. The van der Waals surface area contributed by atoms with Crippen molar-refractivity contribution in [3.8, 4) is 0 Å². The van der Waals surface area contributed by atoms with E-state index in [0.717, 1.165) is 35.7 Å². The second-order valence-electron chi connectivity index (χ2n) is 6.67. The molecule has 7 heteroatoms. The van der Waals surface area contributed by atoms with Crippen molar-refractivity contribution in [3.05, 3.63) is 22.2 Å². The smallest absolute Gasteiger partial charge is 0.245 e. The van der Waals surface area contributed by atoms with Crippen LogP contribution in [0.2, 0.25) is 0 Å². The Morgan fingerprint density at radius 1 is 1.17 bits per heavy atom. The van der Waals surface area contributed by atoms with Gasteiger partial charge in [-0.15, -0.1) is 0 Å². The van der Waals surface area contributed by atoms with E-state index in [1.54, 1.807) is 15.3 Å². The quantitative estimate of drug-likeness (QED) is 0.745. The molecule has 0 aromatic heterocycles. The van der Waals surface area contributed by atoms with Gasteiger partial charge in [0.2, 0.25) is 15.9 Å². The van der Waals surface area contributed by atoms with E-state index < -0.39 is 10.0 Å². The van der Waals surface area contributed by atoms with E-state index in [0.29, 0.717) is 25.2 Å². The van der Waals surface area contributed by atoms with Crippen molar-refractivity contribution in [3.63, 3.8) is 0 Å². The second kappa shape index (κ2) is 6.77. The highest BCUT2D eigenvalue weighted by atomic mass is 79.9. The molecule has 1 aromatic carbocycles. The van der Waals surface area contributed by atoms with E-state index in [9.17, 15) is 13.2 Å². The van der Waals surface area contributed by atoms with Gasteiger partial charge < -0.3 is 4.90 Å². The van der Waals surface area contributed by atoms with Crippen LogP contribution in [0.3, 0.4) is 0 Å². The molecule has 0 aliphatic carbocycles. The maximum atomic E-state index is 13.3. The second-order valence-corrected chi connectivity index (χ2v) is 9.49. The summed E-state index contributed by atoms with van der Waals surface area (Å²) >= 11 is 3.44. The fourth-order valence-corrected chi connectivity index (χ4v) is 6.20. The molecule has 2 heterocycles. The lowest BCUT2D eigenvalue weighted by atomic mass is 10.1. The highest BCUT2D eigenvalue weighted by Crippen LogP contribution is 2.41. The highest BCUT2D eigenvalue weighted by Gasteiger charge is 2.37. The van der Waals surface area contributed by atoms with Gasteiger partial charge in [0.25, 0.3) is 0 Å². The molecule has 5 nitrogen and oxygen atoms in total. The number of halogens is 1. The predicted molar refractivity (Wildman–Crippen MR) is 97.7 cm³/mol. The molecule has 1 atom stereocenters.